The molecule has 0 radical (unpaired) electrons. The number of aryl methyl sites for hydroxylation is 1. The van der Waals surface area contributed by atoms with Crippen molar-refractivity contribution in [2.45, 2.75) is 26.7 Å². The van der Waals surface area contributed by atoms with Gasteiger partial charge in [0.2, 0.25) is 0 Å². The van der Waals surface area contributed by atoms with E-state index < -0.39 is 17.9 Å². The summed E-state index contributed by atoms with van der Waals surface area (Å²) < 4.78 is 0. The highest BCUT2D eigenvalue weighted by Crippen LogP contribution is 2.40. The first kappa shape index (κ1) is 20.1. The second-order valence-corrected chi connectivity index (χ2v) is 7.12. The van der Waals surface area contributed by atoms with Gasteiger partial charge >= 0.3 is 11.9 Å². The molecule has 0 fully saturated rings. The molecule has 0 saturated carbocycles. The molecule has 0 aromatic heterocycles. The van der Waals surface area contributed by atoms with Crippen molar-refractivity contribution < 1.29 is 19.8 Å². The van der Waals surface area contributed by atoms with E-state index >= 15 is 0 Å². The maximum atomic E-state index is 12.0. The van der Waals surface area contributed by atoms with Gasteiger partial charge in [0.25, 0.3) is 0 Å². The van der Waals surface area contributed by atoms with Crippen molar-refractivity contribution in [1.29, 1.82) is 0 Å². The third-order valence-corrected chi connectivity index (χ3v) is 5.06. The lowest BCUT2D eigenvalue weighted by Gasteiger charge is -2.29. The van der Waals surface area contributed by atoms with Gasteiger partial charge in [0, 0.05) is 11.4 Å². The zero-order valence-electron chi connectivity index (χ0n) is 16.6. The minimum Gasteiger partial charge on any atom is -0.478 e. The Morgan fingerprint density at radius 1 is 0.828 bits per heavy atom. The molecule has 0 unspecified atom stereocenters. The highest BCUT2D eigenvalue weighted by molar-refractivity contribution is 5.99. The molecule has 0 bridgehead atoms. The van der Waals surface area contributed by atoms with Crippen LogP contribution in [-0.2, 0) is 9.59 Å². The van der Waals surface area contributed by atoms with Crippen LogP contribution in [0.2, 0.25) is 0 Å². The Morgan fingerprint density at radius 3 is 1.93 bits per heavy atom. The van der Waals surface area contributed by atoms with Crippen molar-refractivity contribution >= 4 is 24.1 Å². The lowest BCUT2D eigenvalue weighted by Crippen LogP contribution is -2.31. The lowest BCUT2D eigenvalue weighted by molar-refractivity contribution is -0.133. The van der Waals surface area contributed by atoms with Crippen molar-refractivity contribution in [3.8, 4) is 0 Å². The van der Waals surface area contributed by atoms with E-state index in [1.165, 1.54) is 0 Å². The van der Waals surface area contributed by atoms with Crippen molar-refractivity contribution in [3.05, 3.63) is 93.3 Å². The van der Waals surface area contributed by atoms with Gasteiger partial charge in [-0.15, -0.1) is 0 Å². The molecular formula is C24H23NO4. The highest BCUT2D eigenvalue weighted by atomic mass is 16.4. The zero-order chi connectivity index (χ0) is 21.1. The Bertz CT molecular complexity index is 1020. The van der Waals surface area contributed by atoms with Crippen LogP contribution in [0.5, 0.6) is 0 Å². The zero-order valence-corrected chi connectivity index (χ0v) is 16.6. The van der Waals surface area contributed by atoms with Crippen molar-refractivity contribution in [3.63, 3.8) is 0 Å². The van der Waals surface area contributed by atoms with E-state index in [-0.39, 0.29) is 11.1 Å². The van der Waals surface area contributed by atoms with Crippen LogP contribution in [-0.4, -0.2) is 22.2 Å². The smallest absolute Gasteiger partial charge is 0.334 e. The maximum Gasteiger partial charge on any atom is 0.334 e. The molecule has 29 heavy (non-hydrogen) atoms. The normalized spacial score (nSPS) is 15.0. The monoisotopic (exact) mass is 389 g/mol. The van der Waals surface area contributed by atoms with E-state index in [9.17, 15) is 19.8 Å². The molecule has 0 spiro atoms. The van der Waals surface area contributed by atoms with Crippen molar-refractivity contribution in [2.75, 3.05) is 0 Å². The average molecular weight is 389 g/mol. The van der Waals surface area contributed by atoms with Gasteiger partial charge in [-0.1, -0.05) is 66.2 Å². The highest BCUT2D eigenvalue weighted by Gasteiger charge is 2.37. The molecule has 3 rings (SSSR count). The second-order valence-electron chi connectivity index (χ2n) is 7.12. The van der Waals surface area contributed by atoms with Gasteiger partial charge in [0.1, 0.15) is 0 Å². The maximum absolute atomic E-state index is 12.0. The quantitative estimate of drug-likeness (QED) is 0.652. The number of aliphatic carboxylic acids is 2. The molecule has 0 saturated heterocycles. The fourth-order valence-corrected chi connectivity index (χ4v) is 3.66. The van der Waals surface area contributed by atoms with Gasteiger partial charge in [-0.25, -0.2) is 9.59 Å². The summed E-state index contributed by atoms with van der Waals surface area (Å²) in [5.74, 6) is -3.14. The number of carboxylic acids is 2. The SMILES string of the molecule is CC1=C(C(=O)O)C(c2ccccc2C=Cc2ccc(C)cc2)C(C(=O)O)=C(C)N1. The number of nitrogens with one attached hydrogen (secondary N) is 1. The Hall–Kier alpha value is -3.60. The lowest BCUT2D eigenvalue weighted by atomic mass is 9.78. The summed E-state index contributed by atoms with van der Waals surface area (Å²) in [7, 11) is 0. The molecule has 0 atom stereocenters. The Morgan fingerprint density at radius 2 is 1.38 bits per heavy atom. The first-order chi connectivity index (χ1) is 13.8. The molecule has 2 aromatic rings. The fourth-order valence-electron chi connectivity index (χ4n) is 3.66. The summed E-state index contributed by atoms with van der Waals surface area (Å²) >= 11 is 0. The van der Waals surface area contributed by atoms with E-state index in [1.54, 1.807) is 26.0 Å². The molecule has 2 aromatic carbocycles. The van der Waals surface area contributed by atoms with Crippen LogP contribution < -0.4 is 5.32 Å². The number of hydrogen-bond donors (Lipinski definition) is 3. The summed E-state index contributed by atoms with van der Waals surface area (Å²) in [5, 5.41) is 22.5. The van der Waals surface area contributed by atoms with Crippen LogP contribution in [0.3, 0.4) is 0 Å². The Kier molecular flexibility index (Phi) is 5.69. The Labute approximate surface area is 169 Å². The molecule has 1 heterocycles. The molecule has 0 amide bonds. The van der Waals surface area contributed by atoms with Gasteiger partial charge < -0.3 is 15.5 Å². The molecule has 5 heteroatoms. The van der Waals surface area contributed by atoms with E-state index in [0.29, 0.717) is 17.0 Å². The molecule has 0 aliphatic carbocycles. The topological polar surface area (TPSA) is 86.6 Å². The number of benzene rings is 2. The number of carbonyl (C=O) groups is 2. The minimum atomic E-state index is -1.14. The molecule has 1 aliphatic heterocycles. The third-order valence-electron chi connectivity index (χ3n) is 5.06. The number of allylic oxidation sites excluding steroid dienone is 2. The summed E-state index contributed by atoms with van der Waals surface area (Å²) in [6.45, 7) is 5.33. The van der Waals surface area contributed by atoms with Crippen molar-refractivity contribution in [2.24, 2.45) is 0 Å². The minimum absolute atomic E-state index is 0.0455. The Balaban J connectivity index is 2.14. The predicted molar refractivity (Wildman–Crippen MR) is 113 cm³/mol. The van der Waals surface area contributed by atoms with Crippen LogP contribution in [0.25, 0.3) is 12.2 Å². The first-order valence-corrected chi connectivity index (χ1v) is 9.28. The third kappa shape index (κ3) is 4.14. The van der Waals surface area contributed by atoms with Gasteiger partial charge in [-0.05, 0) is 37.5 Å². The predicted octanol–water partition coefficient (Wildman–Crippen LogP) is 4.57. The average Bonchev–Trinajstić information content (AvgIpc) is 2.66. The second kappa shape index (κ2) is 8.19. The largest absolute Gasteiger partial charge is 0.478 e. The van der Waals surface area contributed by atoms with Gasteiger partial charge in [0.15, 0.2) is 0 Å². The summed E-state index contributed by atoms with van der Waals surface area (Å²) in [4.78, 5) is 24.0. The summed E-state index contributed by atoms with van der Waals surface area (Å²) in [5.41, 5.74) is 4.57. The van der Waals surface area contributed by atoms with E-state index in [1.807, 2.05) is 55.5 Å². The summed E-state index contributed by atoms with van der Waals surface area (Å²) in [6.07, 6.45) is 3.83. The molecular weight excluding hydrogens is 366 g/mol. The van der Waals surface area contributed by atoms with E-state index in [4.69, 9.17) is 0 Å². The molecule has 3 N–H and O–H groups in total. The number of rotatable bonds is 5. The van der Waals surface area contributed by atoms with Gasteiger partial charge in [0.05, 0.1) is 17.1 Å². The van der Waals surface area contributed by atoms with Crippen molar-refractivity contribution in [1.82, 2.24) is 5.32 Å². The number of carboxylic acid groups (broad SMARTS) is 2. The van der Waals surface area contributed by atoms with Crippen LogP contribution in [0, 0.1) is 6.92 Å². The van der Waals surface area contributed by atoms with E-state index in [2.05, 4.69) is 5.32 Å². The van der Waals surface area contributed by atoms with Gasteiger partial charge in [-0.2, -0.15) is 0 Å². The molecule has 148 valence electrons. The van der Waals surface area contributed by atoms with Gasteiger partial charge in [-0.3, -0.25) is 0 Å². The van der Waals surface area contributed by atoms with Crippen LogP contribution >= 0.6 is 0 Å². The van der Waals surface area contributed by atoms with Crippen LogP contribution in [0.1, 0.15) is 42.0 Å². The molecule has 5 nitrogen and oxygen atoms in total. The van der Waals surface area contributed by atoms with E-state index in [0.717, 1.165) is 16.7 Å². The summed E-state index contributed by atoms with van der Waals surface area (Å²) in [6, 6.07) is 15.3. The van der Waals surface area contributed by atoms with Crippen LogP contribution in [0.4, 0.5) is 0 Å². The first-order valence-electron chi connectivity index (χ1n) is 9.28. The molecule has 1 aliphatic rings. The van der Waals surface area contributed by atoms with Crippen LogP contribution in [0.15, 0.2) is 71.1 Å². The fraction of sp³-hybridized carbons (Fsp3) is 0.167. The standard InChI is InChI=1S/C24H23NO4/c1-14-8-10-17(11-9-14)12-13-18-6-4-5-7-19(18)22-20(23(26)27)15(2)25-16(3)21(22)24(28)29/h4-13,22,25H,1-3H3,(H,26,27)(H,28,29). The number of hydrogen-bond acceptors (Lipinski definition) is 3. The number of dihydropyridines is 1.